The summed E-state index contributed by atoms with van der Waals surface area (Å²) in [4.78, 5) is 2.55. The van der Waals surface area contributed by atoms with Crippen molar-refractivity contribution in [1.29, 1.82) is 0 Å². The van der Waals surface area contributed by atoms with E-state index in [1.54, 1.807) is 0 Å². The Kier molecular flexibility index (Phi) is 2.79. The summed E-state index contributed by atoms with van der Waals surface area (Å²) in [5.41, 5.74) is 6.24. The van der Waals surface area contributed by atoms with Crippen LogP contribution in [-0.4, -0.2) is 29.1 Å². The van der Waals surface area contributed by atoms with Crippen molar-refractivity contribution in [3.63, 3.8) is 0 Å². The smallest absolute Gasteiger partial charge is 0.0170 e. The molecule has 0 amide bonds. The summed E-state index contributed by atoms with van der Waals surface area (Å²) in [6.07, 6.45) is 2.28. The number of nitrogens with zero attached hydrogens (tertiary/aromatic N) is 1. The summed E-state index contributed by atoms with van der Waals surface area (Å²) in [6, 6.07) is 1.06. The van der Waals surface area contributed by atoms with Gasteiger partial charge in [-0.25, -0.2) is 0 Å². The second-order valence-corrected chi connectivity index (χ2v) is 4.85. The first-order valence-electron chi connectivity index (χ1n) is 4.96. The molecular weight excluding hydrogens is 148 g/mol. The summed E-state index contributed by atoms with van der Waals surface area (Å²) in [5.74, 6) is 0. The highest BCUT2D eigenvalue weighted by Crippen LogP contribution is 2.28. The third kappa shape index (κ3) is 1.99. The molecule has 1 fully saturated rings. The van der Waals surface area contributed by atoms with E-state index in [1.807, 2.05) is 0 Å². The van der Waals surface area contributed by atoms with E-state index in [-0.39, 0.29) is 0 Å². The molecule has 12 heavy (non-hydrogen) atoms. The van der Waals surface area contributed by atoms with Crippen molar-refractivity contribution in [2.45, 2.75) is 58.2 Å². The van der Waals surface area contributed by atoms with Gasteiger partial charge < -0.3 is 5.73 Å². The van der Waals surface area contributed by atoms with E-state index < -0.39 is 0 Å². The average Bonchev–Trinajstić information content (AvgIpc) is 1.82. The fourth-order valence-electron chi connectivity index (χ4n) is 2.43. The number of hydrogen-bond donors (Lipinski definition) is 1. The normalized spacial score (nSPS) is 31.0. The highest BCUT2D eigenvalue weighted by molar-refractivity contribution is 4.92. The molecule has 1 aliphatic heterocycles. The topological polar surface area (TPSA) is 29.3 Å². The zero-order valence-electron chi connectivity index (χ0n) is 8.80. The van der Waals surface area contributed by atoms with Crippen LogP contribution < -0.4 is 5.73 Å². The van der Waals surface area contributed by atoms with Gasteiger partial charge in [0.2, 0.25) is 0 Å². The Hall–Kier alpha value is -0.0800. The predicted molar refractivity (Wildman–Crippen MR) is 53.1 cm³/mol. The number of piperidine rings is 1. The molecule has 0 radical (unpaired) electrons. The van der Waals surface area contributed by atoms with Crippen molar-refractivity contribution < 1.29 is 0 Å². The molecule has 0 bridgehead atoms. The molecule has 1 atom stereocenters. The van der Waals surface area contributed by atoms with E-state index in [0.29, 0.717) is 17.6 Å². The maximum absolute atomic E-state index is 5.95. The van der Waals surface area contributed by atoms with Gasteiger partial charge in [-0.05, 0) is 40.5 Å². The summed E-state index contributed by atoms with van der Waals surface area (Å²) < 4.78 is 0. The molecule has 1 unspecified atom stereocenters. The minimum atomic E-state index is 0.297. The highest BCUT2D eigenvalue weighted by atomic mass is 15.2. The van der Waals surface area contributed by atoms with E-state index in [9.17, 15) is 0 Å². The van der Waals surface area contributed by atoms with Gasteiger partial charge in [-0.15, -0.1) is 0 Å². The summed E-state index contributed by atoms with van der Waals surface area (Å²) in [7, 11) is 0. The predicted octanol–water partition coefficient (Wildman–Crippen LogP) is 1.60. The van der Waals surface area contributed by atoms with Gasteiger partial charge in [0.05, 0.1) is 0 Å². The number of likely N-dealkylation sites (tertiary alicyclic amines) is 1. The summed E-state index contributed by atoms with van der Waals surface area (Å²) >= 11 is 0. The van der Waals surface area contributed by atoms with Crippen LogP contribution in [0.4, 0.5) is 0 Å². The van der Waals surface area contributed by atoms with Crippen molar-refractivity contribution in [3.8, 4) is 0 Å². The lowest BCUT2D eigenvalue weighted by Crippen LogP contribution is -2.55. The molecule has 1 rings (SSSR count). The van der Waals surface area contributed by atoms with Gasteiger partial charge in [0.15, 0.2) is 0 Å². The zero-order chi connectivity index (χ0) is 9.35. The molecule has 2 N–H and O–H groups in total. The van der Waals surface area contributed by atoms with Gasteiger partial charge in [-0.3, -0.25) is 4.90 Å². The maximum atomic E-state index is 5.95. The van der Waals surface area contributed by atoms with E-state index in [1.165, 1.54) is 0 Å². The van der Waals surface area contributed by atoms with Crippen molar-refractivity contribution in [2.75, 3.05) is 6.54 Å². The van der Waals surface area contributed by atoms with Gasteiger partial charge in [-0.2, -0.15) is 0 Å². The Morgan fingerprint density at radius 2 is 2.00 bits per heavy atom. The second kappa shape index (κ2) is 3.35. The number of nitrogens with two attached hydrogens (primary N) is 1. The van der Waals surface area contributed by atoms with Crippen LogP contribution in [0, 0.1) is 0 Å². The first-order chi connectivity index (χ1) is 5.43. The molecule has 1 saturated heterocycles. The van der Waals surface area contributed by atoms with Crippen molar-refractivity contribution in [1.82, 2.24) is 4.90 Å². The molecule has 0 spiro atoms. The third-order valence-electron chi connectivity index (χ3n) is 2.90. The largest absolute Gasteiger partial charge is 0.328 e. The Morgan fingerprint density at radius 1 is 1.42 bits per heavy atom. The molecule has 0 aromatic heterocycles. The van der Waals surface area contributed by atoms with Crippen LogP contribution in [0.25, 0.3) is 0 Å². The SMILES string of the molecule is CC(C)N1CCC(N)CC1(C)C. The molecule has 72 valence electrons. The molecule has 1 aliphatic rings. The molecule has 0 aliphatic carbocycles. The van der Waals surface area contributed by atoms with E-state index in [0.717, 1.165) is 19.4 Å². The third-order valence-corrected chi connectivity index (χ3v) is 2.90. The minimum absolute atomic E-state index is 0.297. The quantitative estimate of drug-likeness (QED) is 0.647. The van der Waals surface area contributed by atoms with Crippen LogP contribution >= 0.6 is 0 Å². The highest BCUT2D eigenvalue weighted by Gasteiger charge is 2.34. The maximum Gasteiger partial charge on any atom is 0.0170 e. The van der Waals surface area contributed by atoms with Crippen molar-refractivity contribution in [2.24, 2.45) is 5.73 Å². The second-order valence-electron chi connectivity index (χ2n) is 4.85. The van der Waals surface area contributed by atoms with Gasteiger partial charge in [0, 0.05) is 24.2 Å². The monoisotopic (exact) mass is 170 g/mol. The lowest BCUT2D eigenvalue weighted by atomic mass is 9.86. The van der Waals surface area contributed by atoms with Crippen LogP contribution in [0.2, 0.25) is 0 Å². The molecule has 2 nitrogen and oxygen atoms in total. The minimum Gasteiger partial charge on any atom is -0.328 e. The summed E-state index contributed by atoms with van der Waals surface area (Å²) in [5, 5.41) is 0. The van der Waals surface area contributed by atoms with Crippen LogP contribution in [0.1, 0.15) is 40.5 Å². The average molecular weight is 170 g/mol. The number of hydrogen-bond acceptors (Lipinski definition) is 2. The fraction of sp³-hybridized carbons (Fsp3) is 1.00. The van der Waals surface area contributed by atoms with E-state index >= 15 is 0 Å². The first-order valence-corrected chi connectivity index (χ1v) is 4.96. The molecule has 0 aromatic rings. The van der Waals surface area contributed by atoms with Gasteiger partial charge in [-0.1, -0.05) is 0 Å². The van der Waals surface area contributed by atoms with Crippen molar-refractivity contribution >= 4 is 0 Å². The lowest BCUT2D eigenvalue weighted by Gasteiger charge is -2.47. The number of rotatable bonds is 1. The van der Waals surface area contributed by atoms with Crippen LogP contribution in [-0.2, 0) is 0 Å². The van der Waals surface area contributed by atoms with Gasteiger partial charge >= 0.3 is 0 Å². The Labute approximate surface area is 76.1 Å². The van der Waals surface area contributed by atoms with E-state index in [4.69, 9.17) is 5.73 Å². The summed E-state index contributed by atoms with van der Waals surface area (Å²) in [6.45, 7) is 10.3. The Morgan fingerprint density at radius 3 is 2.42 bits per heavy atom. The Balaban J connectivity index is 2.64. The molecule has 0 aromatic carbocycles. The van der Waals surface area contributed by atoms with Crippen LogP contribution in [0.15, 0.2) is 0 Å². The zero-order valence-corrected chi connectivity index (χ0v) is 8.80. The van der Waals surface area contributed by atoms with Gasteiger partial charge in [0.25, 0.3) is 0 Å². The Bertz CT molecular complexity index is 152. The van der Waals surface area contributed by atoms with E-state index in [2.05, 4.69) is 32.6 Å². The fourth-order valence-corrected chi connectivity index (χ4v) is 2.43. The van der Waals surface area contributed by atoms with Gasteiger partial charge in [0.1, 0.15) is 0 Å². The molecule has 2 heteroatoms. The van der Waals surface area contributed by atoms with Crippen LogP contribution in [0.5, 0.6) is 0 Å². The molecular formula is C10H22N2. The molecule has 1 heterocycles. The lowest BCUT2D eigenvalue weighted by molar-refractivity contribution is 0.0384. The standard InChI is InChI=1S/C10H22N2/c1-8(2)12-6-5-9(11)7-10(12,3)4/h8-9H,5-7,11H2,1-4H3. The van der Waals surface area contributed by atoms with Crippen molar-refractivity contribution in [3.05, 3.63) is 0 Å². The van der Waals surface area contributed by atoms with Crippen LogP contribution in [0.3, 0.4) is 0 Å². The molecule has 0 saturated carbocycles. The first kappa shape index (κ1) is 10.0.